The van der Waals surface area contributed by atoms with Crippen molar-refractivity contribution < 1.29 is 4.74 Å². The van der Waals surface area contributed by atoms with Crippen molar-refractivity contribution in [3.63, 3.8) is 0 Å². The Balaban J connectivity index is 2.01. The molecule has 0 aliphatic rings. The standard InChI is InChI=1S/C16H20N6O/c1-4-14-20-15(11-9-18-22(2)16(11)21-14)19-13(10-23-3)12-7-5-6-8-17-12/h5-9,13H,4,10H2,1-3H3,(H,19,20,21). The molecular formula is C16H20N6O. The van der Waals surface area contributed by atoms with Gasteiger partial charge in [-0.15, -0.1) is 0 Å². The van der Waals surface area contributed by atoms with E-state index in [4.69, 9.17) is 4.74 Å². The first-order chi connectivity index (χ1) is 11.2. The topological polar surface area (TPSA) is 77.8 Å². The zero-order chi connectivity index (χ0) is 16.2. The quantitative estimate of drug-likeness (QED) is 0.751. The average molecular weight is 312 g/mol. The molecule has 0 aromatic carbocycles. The molecule has 23 heavy (non-hydrogen) atoms. The zero-order valence-corrected chi connectivity index (χ0v) is 13.5. The van der Waals surface area contributed by atoms with Crippen LogP contribution in [0.1, 0.15) is 24.5 Å². The number of rotatable bonds is 6. The van der Waals surface area contributed by atoms with Crippen molar-refractivity contribution in [3.05, 3.63) is 42.1 Å². The molecule has 3 aromatic heterocycles. The summed E-state index contributed by atoms with van der Waals surface area (Å²) in [7, 11) is 3.55. The van der Waals surface area contributed by atoms with Crippen molar-refractivity contribution in [1.29, 1.82) is 0 Å². The minimum Gasteiger partial charge on any atom is -0.382 e. The van der Waals surface area contributed by atoms with E-state index in [1.807, 2.05) is 32.2 Å². The van der Waals surface area contributed by atoms with Crippen molar-refractivity contribution in [2.24, 2.45) is 7.05 Å². The van der Waals surface area contributed by atoms with E-state index < -0.39 is 0 Å². The largest absolute Gasteiger partial charge is 0.382 e. The Morgan fingerprint density at radius 1 is 1.30 bits per heavy atom. The minimum absolute atomic E-state index is 0.0933. The summed E-state index contributed by atoms with van der Waals surface area (Å²) in [6, 6.07) is 5.74. The normalized spacial score (nSPS) is 12.5. The van der Waals surface area contributed by atoms with Gasteiger partial charge in [-0.3, -0.25) is 9.67 Å². The third-order valence-electron chi connectivity index (χ3n) is 3.64. The van der Waals surface area contributed by atoms with Crippen molar-refractivity contribution in [2.75, 3.05) is 19.0 Å². The number of methoxy groups -OCH3 is 1. The number of nitrogens with zero attached hydrogens (tertiary/aromatic N) is 5. The van der Waals surface area contributed by atoms with Gasteiger partial charge in [-0.2, -0.15) is 5.10 Å². The van der Waals surface area contributed by atoms with Crippen LogP contribution in [0, 0.1) is 0 Å². The minimum atomic E-state index is -0.0933. The maximum Gasteiger partial charge on any atom is 0.163 e. The fourth-order valence-electron chi connectivity index (χ4n) is 2.45. The number of ether oxygens (including phenoxy) is 1. The molecule has 1 N–H and O–H groups in total. The molecule has 0 bridgehead atoms. The second-order valence-electron chi connectivity index (χ2n) is 5.25. The second-order valence-corrected chi connectivity index (χ2v) is 5.25. The van der Waals surface area contributed by atoms with Crippen LogP contribution < -0.4 is 5.32 Å². The molecule has 3 aromatic rings. The first-order valence-corrected chi connectivity index (χ1v) is 7.58. The summed E-state index contributed by atoms with van der Waals surface area (Å²) < 4.78 is 7.10. The maximum absolute atomic E-state index is 5.34. The molecule has 7 heteroatoms. The highest BCUT2D eigenvalue weighted by atomic mass is 16.5. The van der Waals surface area contributed by atoms with Gasteiger partial charge in [0.25, 0.3) is 0 Å². The zero-order valence-electron chi connectivity index (χ0n) is 13.5. The molecule has 0 amide bonds. The second kappa shape index (κ2) is 6.70. The molecule has 7 nitrogen and oxygen atoms in total. The third kappa shape index (κ3) is 3.14. The highest BCUT2D eigenvalue weighted by Crippen LogP contribution is 2.24. The summed E-state index contributed by atoms with van der Waals surface area (Å²) in [5.41, 5.74) is 1.72. The molecule has 1 unspecified atom stereocenters. The first kappa shape index (κ1) is 15.4. The molecule has 0 fully saturated rings. The van der Waals surface area contributed by atoms with E-state index in [2.05, 4.69) is 25.4 Å². The predicted octanol–water partition coefficient (Wildman–Crippen LogP) is 2.12. The van der Waals surface area contributed by atoms with Gasteiger partial charge < -0.3 is 10.1 Å². The Labute approximate surface area is 134 Å². The third-order valence-corrected chi connectivity index (χ3v) is 3.64. The lowest BCUT2D eigenvalue weighted by molar-refractivity contribution is 0.185. The van der Waals surface area contributed by atoms with Gasteiger partial charge in [0.05, 0.1) is 29.9 Å². The molecular weight excluding hydrogens is 292 g/mol. The van der Waals surface area contributed by atoms with Crippen molar-refractivity contribution >= 4 is 16.9 Å². The molecule has 120 valence electrons. The first-order valence-electron chi connectivity index (χ1n) is 7.58. The van der Waals surface area contributed by atoms with Gasteiger partial charge in [0.1, 0.15) is 11.6 Å². The van der Waals surface area contributed by atoms with E-state index in [0.29, 0.717) is 6.61 Å². The number of aryl methyl sites for hydroxylation is 2. The molecule has 0 spiro atoms. The van der Waals surface area contributed by atoms with Gasteiger partial charge in [-0.1, -0.05) is 13.0 Å². The molecule has 0 aliphatic heterocycles. The molecule has 3 heterocycles. The number of hydrogen-bond donors (Lipinski definition) is 1. The van der Waals surface area contributed by atoms with Crippen LogP contribution in [-0.4, -0.2) is 38.4 Å². The fraction of sp³-hybridized carbons (Fsp3) is 0.375. The van der Waals surface area contributed by atoms with Crippen LogP contribution in [0.5, 0.6) is 0 Å². The summed E-state index contributed by atoms with van der Waals surface area (Å²) in [4.78, 5) is 13.6. The van der Waals surface area contributed by atoms with Gasteiger partial charge in [0, 0.05) is 26.8 Å². The summed E-state index contributed by atoms with van der Waals surface area (Å²) in [6.07, 6.45) is 4.31. The number of hydrogen-bond acceptors (Lipinski definition) is 6. The highest BCUT2D eigenvalue weighted by molar-refractivity contribution is 5.86. The molecule has 3 rings (SSSR count). The van der Waals surface area contributed by atoms with E-state index in [0.717, 1.165) is 34.8 Å². The number of aromatic nitrogens is 5. The van der Waals surface area contributed by atoms with Crippen LogP contribution in [0.4, 0.5) is 5.82 Å². The maximum atomic E-state index is 5.34. The Hall–Kier alpha value is -2.54. The number of fused-ring (bicyclic) bond motifs is 1. The van der Waals surface area contributed by atoms with Gasteiger partial charge in [0.2, 0.25) is 0 Å². The monoisotopic (exact) mass is 312 g/mol. The molecule has 1 atom stereocenters. The van der Waals surface area contributed by atoms with Crippen LogP contribution in [0.2, 0.25) is 0 Å². The number of pyridine rings is 1. The van der Waals surface area contributed by atoms with Crippen molar-refractivity contribution in [1.82, 2.24) is 24.7 Å². The van der Waals surface area contributed by atoms with Crippen molar-refractivity contribution in [2.45, 2.75) is 19.4 Å². The van der Waals surface area contributed by atoms with Crippen LogP contribution in [0.25, 0.3) is 11.0 Å². The highest BCUT2D eigenvalue weighted by Gasteiger charge is 2.17. The van der Waals surface area contributed by atoms with Crippen LogP contribution >= 0.6 is 0 Å². The Morgan fingerprint density at radius 2 is 2.17 bits per heavy atom. The van der Waals surface area contributed by atoms with Gasteiger partial charge in [-0.25, -0.2) is 9.97 Å². The molecule has 0 saturated carbocycles. The van der Waals surface area contributed by atoms with E-state index in [-0.39, 0.29) is 6.04 Å². The lowest BCUT2D eigenvalue weighted by Crippen LogP contribution is -2.19. The molecule has 0 saturated heterocycles. The molecule has 0 radical (unpaired) electrons. The SMILES string of the molecule is CCc1nc(NC(COC)c2ccccn2)c2cnn(C)c2n1. The smallest absolute Gasteiger partial charge is 0.163 e. The fourth-order valence-corrected chi connectivity index (χ4v) is 2.45. The van der Waals surface area contributed by atoms with E-state index in [9.17, 15) is 0 Å². The Kier molecular flexibility index (Phi) is 4.47. The Bertz CT molecular complexity index is 786. The van der Waals surface area contributed by atoms with Crippen LogP contribution in [0.15, 0.2) is 30.6 Å². The van der Waals surface area contributed by atoms with Gasteiger partial charge in [-0.05, 0) is 12.1 Å². The van der Waals surface area contributed by atoms with Gasteiger partial charge in [0.15, 0.2) is 5.65 Å². The molecule has 0 aliphatic carbocycles. The average Bonchev–Trinajstić information content (AvgIpc) is 2.96. The van der Waals surface area contributed by atoms with E-state index >= 15 is 0 Å². The van der Waals surface area contributed by atoms with Crippen LogP contribution in [0.3, 0.4) is 0 Å². The van der Waals surface area contributed by atoms with Crippen LogP contribution in [-0.2, 0) is 18.2 Å². The lowest BCUT2D eigenvalue weighted by atomic mass is 10.2. The number of nitrogens with one attached hydrogen (secondary N) is 1. The lowest BCUT2D eigenvalue weighted by Gasteiger charge is -2.18. The summed E-state index contributed by atoms with van der Waals surface area (Å²) >= 11 is 0. The summed E-state index contributed by atoms with van der Waals surface area (Å²) in [5, 5.41) is 8.61. The summed E-state index contributed by atoms with van der Waals surface area (Å²) in [5.74, 6) is 1.54. The predicted molar refractivity (Wildman–Crippen MR) is 88.2 cm³/mol. The number of anilines is 1. The summed E-state index contributed by atoms with van der Waals surface area (Å²) in [6.45, 7) is 2.52. The van der Waals surface area contributed by atoms with Crippen molar-refractivity contribution in [3.8, 4) is 0 Å². The van der Waals surface area contributed by atoms with E-state index in [1.165, 1.54) is 0 Å². The van der Waals surface area contributed by atoms with E-state index in [1.54, 1.807) is 24.2 Å². The van der Waals surface area contributed by atoms with Gasteiger partial charge >= 0.3 is 0 Å². The Morgan fingerprint density at radius 3 is 2.87 bits per heavy atom.